The van der Waals surface area contributed by atoms with E-state index in [2.05, 4.69) is 0 Å². The molecule has 2 saturated heterocycles. The Hall–Kier alpha value is -1.24. The summed E-state index contributed by atoms with van der Waals surface area (Å²) in [6.07, 6.45) is 0.793. The quantitative estimate of drug-likeness (QED) is 0.806. The first kappa shape index (κ1) is 19.1. The van der Waals surface area contributed by atoms with Crippen molar-refractivity contribution in [1.82, 2.24) is 9.80 Å². The smallest absolute Gasteiger partial charge is 0.251 e. The van der Waals surface area contributed by atoms with E-state index in [4.69, 9.17) is 0 Å². The Morgan fingerprint density at radius 2 is 1.63 bits per heavy atom. The van der Waals surface area contributed by atoms with Crippen LogP contribution in [0.3, 0.4) is 0 Å². The van der Waals surface area contributed by atoms with Crippen LogP contribution in [-0.4, -0.2) is 64.9 Å². The number of hydrogen-bond donors (Lipinski definition) is 1. The third-order valence-corrected chi connectivity index (χ3v) is 7.23. The fourth-order valence-electron chi connectivity index (χ4n) is 5.41. The van der Waals surface area contributed by atoms with E-state index >= 15 is 0 Å². The van der Waals surface area contributed by atoms with Crippen molar-refractivity contribution in [2.45, 2.75) is 51.6 Å². The zero-order chi connectivity index (χ0) is 19.5. The lowest BCUT2D eigenvalue weighted by atomic mass is 9.80. The first-order valence-corrected chi connectivity index (χ1v) is 10.3. The molecule has 0 aromatic carbocycles. The summed E-state index contributed by atoms with van der Waals surface area (Å²) in [6, 6.07) is 0. The number of halogens is 2. The van der Waals surface area contributed by atoms with Gasteiger partial charge in [-0.25, -0.2) is 8.78 Å². The summed E-state index contributed by atoms with van der Waals surface area (Å²) in [6.45, 7) is 6.36. The highest BCUT2D eigenvalue weighted by Crippen LogP contribution is 2.63. The maximum absolute atomic E-state index is 13.4. The molecule has 2 heterocycles. The molecule has 4 fully saturated rings. The average Bonchev–Trinajstić information content (AvgIpc) is 3.10. The minimum Gasteiger partial charge on any atom is -0.383 e. The molecule has 152 valence electrons. The summed E-state index contributed by atoms with van der Waals surface area (Å²) in [5, 5.41) is 9.93. The average molecular weight is 384 g/mol. The van der Waals surface area contributed by atoms with Gasteiger partial charge in [-0.3, -0.25) is 9.59 Å². The number of fused-ring (bicyclic) bond motifs is 1. The van der Waals surface area contributed by atoms with Gasteiger partial charge in [0.1, 0.15) is 6.10 Å². The normalized spacial score (nSPS) is 36.4. The molecule has 0 spiro atoms. The molecule has 0 aromatic heterocycles. The maximum atomic E-state index is 13.4. The van der Waals surface area contributed by atoms with Crippen LogP contribution in [0.25, 0.3) is 0 Å². The van der Waals surface area contributed by atoms with Crippen LogP contribution in [0.5, 0.6) is 0 Å². The molecular formula is C20H30F2N2O3. The minimum atomic E-state index is -2.57. The molecule has 4 aliphatic rings. The van der Waals surface area contributed by atoms with Gasteiger partial charge >= 0.3 is 0 Å². The SMILES string of the molecule is CC(C)[C@@H](O)C(=O)N1CC(C2CCCN(C(=O)C3[C@H]4CC(F)(F)C[C@@H]34)C2)C1. The van der Waals surface area contributed by atoms with Crippen molar-refractivity contribution in [2.75, 3.05) is 26.2 Å². The topological polar surface area (TPSA) is 60.9 Å². The summed E-state index contributed by atoms with van der Waals surface area (Å²) in [5.41, 5.74) is 0. The lowest BCUT2D eigenvalue weighted by Crippen LogP contribution is -2.58. The van der Waals surface area contributed by atoms with Crippen molar-refractivity contribution < 1.29 is 23.5 Å². The van der Waals surface area contributed by atoms with Gasteiger partial charge in [-0.05, 0) is 42.4 Å². The van der Waals surface area contributed by atoms with E-state index < -0.39 is 12.0 Å². The lowest BCUT2D eigenvalue weighted by Gasteiger charge is -2.47. The zero-order valence-corrected chi connectivity index (χ0v) is 16.1. The minimum absolute atomic E-state index is 0.0766. The summed E-state index contributed by atoms with van der Waals surface area (Å²) >= 11 is 0. The molecule has 2 aliphatic heterocycles. The highest BCUT2D eigenvalue weighted by molar-refractivity contribution is 5.83. The number of alkyl halides is 2. The Bertz CT molecular complexity index is 606. The molecule has 5 nitrogen and oxygen atoms in total. The molecule has 2 unspecified atom stereocenters. The van der Waals surface area contributed by atoms with Crippen LogP contribution in [-0.2, 0) is 9.59 Å². The summed E-state index contributed by atoms with van der Waals surface area (Å²) in [5.74, 6) is -2.45. The second-order valence-electron chi connectivity index (χ2n) is 9.50. The number of aliphatic hydroxyl groups is 1. The van der Waals surface area contributed by atoms with E-state index in [0.29, 0.717) is 31.5 Å². The predicted octanol–water partition coefficient (Wildman–Crippen LogP) is 1.99. The van der Waals surface area contributed by atoms with Gasteiger partial charge in [-0.15, -0.1) is 0 Å². The number of aliphatic hydroxyl groups excluding tert-OH is 1. The predicted molar refractivity (Wildman–Crippen MR) is 94.9 cm³/mol. The van der Waals surface area contributed by atoms with Gasteiger partial charge in [0, 0.05) is 44.9 Å². The molecule has 7 heteroatoms. The third-order valence-electron chi connectivity index (χ3n) is 7.23. The number of hydrogen-bond acceptors (Lipinski definition) is 3. The molecule has 0 radical (unpaired) electrons. The molecular weight excluding hydrogens is 354 g/mol. The number of carbonyl (C=O) groups excluding carboxylic acids is 2. The Morgan fingerprint density at radius 1 is 1.04 bits per heavy atom. The number of piperidine rings is 1. The molecule has 0 bridgehead atoms. The Morgan fingerprint density at radius 3 is 2.22 bits per heavy atom. The van der Waals surface area contributed by atoms with Crippen molar-refractivity contribution >= 4 is 11.8 Å². The highest BCUT2D eigenvalue weighted by atomic mass is 19.3. The van der Waals surface area contributed by atoms with E-state index in [1.807, 2.05) is 18.7 Å². The number of carbonyl (C=O) groups is 2. The van der Waals surface area contributed by atoms with Crippen LogP contribution < -0.4 is 0 Å². The van der Waals surface area contributed by atoms with Crippen molar-refractivity contribution in [3.05, 3.63) is 0 Å². The van der Waals surface area contributed by atoms with E-state index in [0.717, 1.165) is 19.4 Å². The van der Waals surface area contributed by atoms with Gasteiger partial charge in [0.25, 0.3) is 5.91 Å². The monoisotopic (exact) mass is 384 g/mol. The fraction of sp³-hybridized carbons (Fsp3) is 0.900. The fourth-order valence-corrected chi connectivity index (χ4v) is 5.41. The standard InChI is InChI=1S/C20H30F2N2O3/c1-11(2)17(25)19(27)24-9-13(10-24)12-4-3-5-23(8-12)18(26)16-14-6-20(21,22)7-15(14)16/h11-17,25H,3-10H2,1-2H3/t12?,14-,15+,16?,17-/m1/s1. The first-order valence-electron chi connectivity index (χ1n) is 10.3. The lowest BCUT2D eigenvalue weighted by molar-refractivity contribution is -0.152. The van der Waals surface area contributed by atoms with E-state index in [-0.39, 0.29) is 48.3 Å². The van der Waals surface area contributed by atoms with E-state index in [9.17, 15) is 23.5 Å². The van der Waals surface area contributed by atoms with Crippen LogP contribution in [0.4, 0.5) is 8.78 Å². The van der Waals surface area contributed by atoms with Crippen molar-refractivity contribution in [3.63, 3.8) is 0 Å². The van der Waals surface area contributed by atoms with Crippen molar-refractivity contribution in [1.29, 1.82) is 0 Å². The van der Waals surface area contributed by atoms with Gasteiger partial charge in [0.2, 0.25) is 11.8 Å². The number of nitrogens with zero attached hydrogens (tertiary/aromatic N) is 2. The molecule has 2 amide bonds. The molecule has 2 aliphatic carbocycles. The largest absolute Gasteiger partial charge is 0.383 e. The van der Waals surface area contributed by atoms with Gasteiger partial charge in [0.15, 0.2) is 0 Å². The van der Waals surface area contributed by atoms with Crippen LogP contribution >= 0.6 is 0 Å². The second kappa shape index (κ2) is 6.68. The molecule has 1 N–H and O–H groups in total. The molecule has 5 atom stereocenters. The van der Waals surface area contributed by atoms with Gasteiger partial charge in [-0.1, -0.05) is 13.8 Å². The van der Waals surface area contributed by atoms with Crippen LogP contribution in [0.2, 0.25) is 0 Å². The third kappa shape index (κ3) is 3.47. The maximum Gasteiger partial charge on any atom is 0.251 e. The first-order chi connectivity index (χ1) is 12.7. The molecule has 0 aromatic rings. The number of amides is 2. The van der Waals surface area contributed by atoms with Crippen LogP contribution in [0.15, 0.2) is 0 Å². The summed E-state index contributed by atoms with van der Waals surface area (Å²) < 4.78 is 26.7. The Labute approximate surface area is 159 Å². The Balaban J connectivity index is 1.27. The summed E-state index contributed by atoms with van der Waals surface area (Å²) in [7, 11) is 0. The highest BCUT2D eigenvalue weighted by Gasteiger charge is 2.66. The van der Waals surface area contributed by atoms with Gasteiger partial charge < -0.3 is 14.9 Å². The number of likely N-dealkylation sites (tertiary alicyclic amines) is 2. The number of rotatable bonds is 4. The molecule has 27 heavy (non-hydrogen) atoms. The van der Waals surface area contributed by atoms with Gasteiger partial charge in [0.05, 0.1) is 0 Å². The van der Waals surface area contributed by atoms with Crippen LogP contribution in [0, 0.1) is 35.5 Å². The zero-order valence-electron chi connectivity index (χ0n) is 16.1. The Kier molecular flexibility index (Phi) is 4.72. The summed E-state index contributed by atoms with van der Waals surface area (Å²) in [4.78, 5) is 28.6. The van der Waals surface area contributed by atoms with Crippen molar-refractivity contribution in [2.24, 2.45) is 35.5 Å². The van der Waals surface area contributed by atoms with Crippen molar-refractivity contribution in [3.8, 4) is 0 Å². The van der Waals surface area contributed by atoms with Crippen LogP contribution in [0.1, 0.15) is 39.5 Å². The molecule has 2 saturated carbocycles. The van der Waals surface area contributed by atoms with Gasteiger partial charge in [-0.2, -0.15) is 0 Å². The van der Waals surface area contributed by atoms with E-state index in [1.54, 1.807) is 4.90 Å². The van der Waals surface area contributed by atoms with E-state index in [1.165, 1.54) is 0 Å². The second-order valence-corrected chi connectivity index (χ2v) is 9.50. The molecule has 4 rings (SSSR count).